The molecule has 1 unspecified atom stereocenters. The number of hydrogen-bond donors (Lipinski definition) is 1. The van der Waals surface area contributed by atoms with E-state index >= 15 is 0 Å². The average Bonchev–Trinajstić information content (AvgIpc) is 3.22. The minimum Gasteiger partial charge on any atom is -0.424 e. The molecule has 4 aliphatic rings. The molecule has 4 heteroatoms. The Labute approximate surface area is 231 Å². The third kappa shape index (κ3) is 6.50. The van der Waals surface area contributed by atoms with Gasteiger partial charge in [0, 0.05) is 6.61 Å². The van der Waals surface area contributed by atoms with Crippen molar-refractivity contribution in [1.82, 2.24) is 0 Å². The predicted molar refractivity (Wildman–Crippen MR) is 158 cm³/mol. The molecule has 0 aliphatic heterocycles. The summed E-state index contributed by atoms with van der Waals surface area (Å²) in [5.41, 5.74) is 4.25. The Morgan fingerprint density at radius 2 is 1.81 bits per heavy atom. The van der Waals surface area contributed by atoms with Crippen LogP contribution < -0.4 is 0 Å². The van der Waals surface area contributed by atoms with E-state index in [-0.39, 0.29) is 12.2 Å². The summed E-state index contributed by atoms with van der Waals surface area (Å²) in [6, 6.07) is 1.04. The van der Waals surface area contributed by atoms with E-state index < -0.39 is 9.76 Å². The van der Waals surface area contributed by atoms with Gasteiger partial charge in [0.1, 0.15) is 0 Å². The van der Waals surface area contributed by atoms with Gasteiger partial charge in [0.2, 0.25) is 0 Å². The first kappa shape index (κ1) is 29.6. The van der Waals surface area contributed by atoms with Crippen LogP contribution in [-0.2, 0) is 9.16 Å². The Morgan fingerprint density at radius 3 is 2.57 bits per heavy atom. The summed E-state index contributed by atoms with van der Waals surface area (Å²) in [6.45, 7) is 15.9. The molecule has 0 aromatic heterocycles. The monoisotopic (exact) mass is 530 g/mol. The van der Waals surface area contributed by atoms with Crippen molar-refractivity contribution in [1.29, 1.82) is 0 Å². The van der Waals surface area contributed by atoms with Crippen LogP contribution in [-0.4, -0.2) is 40.3 Å². The average molecular weight is 531 g/mol. The first-order valence-corrected chi connectivity index (χ1v) is 17.5. The Hall–Kier alpha value is -0.423. The van der Waals surface area contributed by atoms with E-state index in [1.54, 1.807) is 5.57 Å². The first-order valence-electron chi connectivity index (χ1n) is 16.0. The zero-order chi connectivity index (χ0) is 26.6. The molecule has 4 aliphatic carbocycles. The maximum Gasteiger partial charge on any atom is 0.161 e. The second kappa shape index (κ2) is 12.8. The molecule has 0 aromatic carbocycles. The van der Waals surface area contributed by atoms with Gasteiger partial charge in [-0.15, -0.1) is 0 Å². The van der Waals surface area contributed by atoms with Crippen molar-refractivity contribution in [3.05, 3.63) is 23.3 Å². The summed E-state index contributed by atoms with van der Waals surface area (Å²) in [4.78, 5) is 0. The van der Waals surface area contributed by atoms with Crippen LogP contribution in [0, 0.1) is 40.4 Å². The molecule has 0 bridgehead atoms. The molecule has 37 heavy (non-hydrogen) atoms. The van der Waals surface area contributed by atoms with E-state index in [4.69, 9.17) is 9.16 Å². The minimum atomic E-state index is -0.462. The third-order valence-electron chi connectivity index (χ3n) is 11.3. The Balaban J connectivity index is 1.36. The smallest absolute Gasteiger partial charge is 0.161 e. The van der Waals surface area contributed by atoms with E-state index in [1.807, 2.05) is 12.5 Å². The molecule has 3 saturated carbocycles. The van der Waals surface area contributed by atoms with Crippen molar-refractivity contribution in [3.8, 4) is 0 Å². The second-order valence-electron chi connectivity index (χ2n) is 14.1. The predicted octanol–water partition coefficient (Wildman–Crippen LogP) is 7.62. The third-order valence-corrected chi connectivity index (χ3v) is 12.7. The van der Waals surface area contributed by atoms with Crippen LogP contribution >= 0.6 is 0 Å². The Bertz CT molecular complexity index is 805. The van der Waals surface area contributed by atoms with Gasteiger partial charge in [0.25, 0.3) is 0 Å². The molecule has 8 atom stereocenters. The van der Waals surface area contributed by atoms with E-state index in [9.17, 15) is 5.11 Å². The van der Waals surface area contributed by atoms with Crippen LogP contribution in [0.2, 0.25) is 6.04 Å². The van der Waals surface area contributed by atoms with Crippen molar-refractivity contribution in [3.63, 3.8) is 0 Å². The maximum atomic E-state index is 10.4. The van der Waals surface area contributed by atoms with Gasteiger partial charge in [0.15, 0.2) is 9.76 Å². The molecule has 4 rings (SSSR count). The fourth-order valence-electron chi connectivity index (χ4n) is 9.03. The summed E-state index contributed by atoms with van der Waals surface area (Å²) in [5, 5.41) is 10.4. The summed E-state index contributed by atoms with van der Waals surface area (Å²) >= 11 is 0. The van der Waals surface area contributed by atoms with Gasteiger partial charge in [-0.25, -0.2) is 0 Å². The zero-order valence-electron chi connectivity index (χ0n) is 25.1. The van der Waals surface area contributed by atoms with Gasteiger partial charge in [0.05, 0.1) is 18.8 Å². The summed E-state index contributed by atoms with van der Waals surface area (Å²) in [6.07, 6.45) is 19.1. The largest absolute Gasteiger partial charge is 0.424 e. The molecule has 1 N–H and O–H groups in total. The van der Waals surface area contributed by atoms with Gasteiger partial charge in [-0.1, -0.05) is 77.2 Å². The lowest BCUT2D eigenvalue weighted by Gasteiger charge is -2.55. The Morgan fingerprint density at radius 1 is 1.00 bits per heavy atom. The van der Waals surface area contributed by atoms with E-state index in [1.165, 1.54) is 51.4 Å². The molecular weight excluding hydrogens is 472 g/mol. The van der Waals surface area contributed by atoms with Crippen LogP contribution in [0.4, 0.5) is 0 Å². The molecular formula is C33H58O3Si. The Kier molecular flexibility index (Phi) is 10.2. The van der Waals surface area contributed by atoms with E-state index in [2.05, 4.69) is 46.8 Å². The minimum absolute atomic E-state index is 0.268. The van der Waals surface area contributed by atoms with Crippen LogP contribution in [0.15, 0.2) is 23.3 Å². The summed E-state index contributed by atoms with van der Waals surface area (Å²) < 4.78 is 11.8. The SMILES string of the molecule is CCO[SiH2]CCC(O)CO[C@H]1CC[C@@]2(C)C(=CC=C3[C@@H]4CC[C@H]([C@H](C)CCCC(C)C)[C@@]4(C)CC[C@@H]32)C1. The van der Waals surface area contributed by atoms with Crippen molar-refractivity contribution in [2.45, 2.75) is 130 Å². The van der Waals surface area contributed by atoms with Crippen LogP contribution in [0.3, 0.4) is 0 Å². The molecule has 0 heterocycles. The van der Waals surface area contributed by atoms with Crippen LogP contribution in [0.25, 0.3) is 0 Å². The summed E-state index contributed by atoms with van der Waals surface area (Å²) in [7, 11) is -0.462. The number of rotatable bonds is 13. The topological polar surface area (TPSA) is 38.7 Å². The highest BCUT2D eigenvalue weighted by Crippen LogP contribution is 2.66. The van der Waals surface area contributed by atoms with Crippen molar-refractivity contribution in [2.75, 3.05) is 13.2 Å². The highest BCUT2D eigenvalue weighted by molar-refractivity contribution is 6.26. The normalized spacial score (nSPS) is 37.2. The van der Waals surface area contributed by atoms with Crippen molar-refractivity contribution < 1.29 is 14.3 Å². The molecule has 0 radical (unpaired) electrons. The number of aliphatic hydroxyl groups is 1. The highest BCUT2D eigenvalue weighted by atomic mass is 28.2. The number of hydrogen-bond acceptors (Lipinski definition) is 3. The first-order chi connectivity index (χ1) is 17.7. The van der Waals surface area contributed by atoms with Gasteiger partial charge in [-0.05, 0) is 105 Å². The number of fused-ring (bicyclic) bond motifs is 5. The van der Waals surface area contributed by atoms with Crippen LogP contribution in [0.5, 0.6) is 0 Å². The van der Waals surface area contributed by atoms with Gasteiger partial charge in [-0.3, -0.25) is 0 Å². The van der Waals surface area contributed by atoms with Crippen LogP contribution in [0.1, 0.15) is 112 Å². The lowest BCUT2D eigenvalue weighted by atomic mass is 9.50. The molecule has 212 valence electrons. The quantitative estimate of drug-likeness (QED) is 0.197. The fourth-order valence-corrected chi connectivity index (χ4v) is 10.2. The lowest BCUT2D eigenvalue weighted by molar-refractivity contribution is -0.0352. The standard InChI is InChI=1S/C33H58O3Si/c1-7-36-37-20-17-26(34)22-35-27-15-18-32(5)25(21-27)11-12-28-30-14-13-29(24(4)10-8-9-23(2)3)33(30,6)19-16-31(28)32/h11-12,23-24,26-27,29-31,34H,7-10,13-22,37H2,1-6H3/t24-,26?,27+,29-,30+,31+,32+,33-/m1/s1. The molecule has 3 fully saturated rings. The number of aliphatic hydroxyl groups excluding tert-OH is 1. The molecule has 0 spiro atoms. The highest BCUT2D eigenvalue weighted by Gasteiger charge is 2.56. The number of allylic oxidation sites excluding steroid dienone is 3. The van der Waals surface area contributed by atoms with Crippen molar-refractivity contribution >= 4 is 9.76 Å². The molecule has 0 aromatic rings. The maximum absolute atomic E-state index is 10.4. The van der Waals surface area contributed by atoms with E-state index in [0.29, 0.717) is 17.4 Å². The van der Waals surface area contributed by atoms with Crippen molar-refractivity contribution in [2.24, 2.45) is 40.4 Å². The van der Waals surface area contributed by atoms with Gasteiger partial charge < -0.3 is 14.3 Å². The molecule has 3 nitrogen and oxygen atoms in total. The summed E-state index contributed by atoms with van der Waals surface area (Å²) in [5.74, 6) is 4.12. The van der Waals surface area contributed by atoms with Gasteiger partial charge in [-0.2, -0.15) is 0 Å². The van der Waals surface area contributed by atoms with Gasteiger partial charge >= 0.3 is 0 Å². The second-order valence-corrected chi connectivity index (χ2v) is 15.6. The molecule has 0 amide bonds. The molecule has 0 saturated heterocycles. The van der Waals surface area contributed by atoms with E-state index in [0.717, 1.165) is 61.5 Å². The lowest BCUT2D eigenvalue weighted by Crippen LogP contribution is -2.46. The number of ether oxygens (including phenoxy) is 1. The fraction of sp³-hybridized carbons (Fsp3) is 0.879. The zero-order valence-corrected chi connectivity index (χ0v) is 26.5.